The lowest BCUT2D eigenvalue weighted by molar-refractivity contribution is 0.282. The summed E-state index contributed by atoms with van der Waals surface area (Å²) in [6.07, 6.45) is 16.3. The molecule has 0 unspecified atom stereocenters. The quantitative estimate of drug-likeness (QED) is 0.338. The van der Waals surface area contributed by atoms with E-state index in [4.69, 9.17) is 5.11 Å². The molecule has 0 atom stereocenters. The largest absolute Gasteiger partial charge is 0.396 e. The van der Waals surface area contributed by atoms with Gasteiger partial charge in [0.2, 0.25) is 0 Å². The first-order chi connectivity index (χ1) is 10.1. The zero-order valence-corrected chi connectivity index (χ0v) is 15.4. The molecule has 0 rings (SSSR count). The SMILES string of the molecule is CC(C)CC(CCCCCCCCCCCO)CC(C)C. The van der Waals surface area contributed by atoms with E-state index in [2.05, 4.69) is 27.7 Å². The van der Waals surface area contributed by atoms with Crippen LogP contribution in [0.3, 0.4) is 0 Å². The van der Waals surface area contributed by atoms with E-state index in [0.29, 0.717) is 6.61 Å². The summed E-state index contributed by atoms with van der Waals surface area (Å²) in [6, 6.07) is 0. The lowest BCUT2D eigenvalue weighted by atomic mass is 9.85. The molecule has 0 aliphatic rings. The van der Waals surface area contributed by atoms with Gasteiger partial charge in [-0.1, -0.05) is 85.5 Å². The minimum absolute atomic E-state index is 0.369. The van der Waals surface area contributed by atoms with E-state index in [1.165, 1.54) is 70.6 Å². The van der Waals surface area contributed by atoms with E-state index >= 15 is 0 Å². The van der Waals surface area contributed by atoms with Gasteiger partial charge >= 0.3 is 0 Å². The summed E-state index contributed by atoms with van der Waals surface area (Å²) in [7, 11) is 0. The second-order valence-electron chi connectivity index (χ2n) is 7.82. The Morgan fingerprint density at radius 1 is 0.571 bits per heavy atom. The Kier molecular flexibility index (Phi) is 14.9. The standard InChI is InChI=1S/C20H42O/c1-18(2)16-20(17-19(3)4)14-12-10-8-6-5-7-9-11-13-15-21/h18-21H,5-17H2,1-4H3. The third kappa shape index (κ3) is 16.2. The molecule has 0 aliphatic carbocycles. The molecule has 1 heteroatoms. The second kappa shape index (κ2) is 14.9. The number of hydrogen-bond donors (Lipinski definition) is 1. The lowest BCUT2D eigenvalue weighted by Crippen LogP contribution is -2.08. The van der Waals surface area contributed by atoms with Crippen LogP contribution in [0.2, 0.25) is 0 Å². The summed E-state index contributed by atoms with van der Waals surface area (Å²) in [5.74, 6) is 2.67. The summed E-state index contributed by atoms with van der Waals surface area (Å²) < 4.78 is 0. The van der Waals surface area contributed by atoms with Crippen LogP contribution in [-0.4, -0.2) is 11.7 Å². The van der Waals surface area contributed by atoms with Crippen molar-refractivity contribution < 1.29 is 5.11 Å². The number of aliphatic hydroxyl groups excluding tert-OH is 1. The van der Waals surface area contributed by atoms with Gasteiger partial charge in [-0.2, -0.15) is 0 Å². The molecule has 0 radical (unpaired) electrons. The van der Waals surface area contributed by atoms with Crippen LogP contribution in [0.15, 0.2) is 0 Å². The van der Waals surface area contributed by atoms with Gasteiger partial charge in [-0.05, 0) is 37.0 Å². The first-order valence-electron chi connectivity index (χ1n) is 9.67. The topological polar surface area (TPSA) is 20.2 Å². The smallest absolute Gasteiger partial charge is 0.0431 e. The monoisotopic (exact) mass is 298 g/mol. The summed E-state index contributed by atoms with van der Waals surface area (Å²) in [5.41, 5.74) is 0. The highest BCUT2D eigenvalue weighted by molar-refractivity contribution is 4.64. The number of rotatable bonds is 15. The van der Waals surface area contributed by atoms with Crippen LogP contribution in [0.4, 0.5) is 0 Å². The van der Waals surface area contributed by atoms with Gasteiger partial charge in [0.25, 0.3) is 0 Å². The molecule has 0 aromatic carbocycles. The fourth-order valence-electron chi connectivity index (χ4n) is 3.45. The average molecular weight is 299 g/mol. The Morgan fingerprint density at radius 3 is 1.33 bits per heavy atom. The van der Waals surface area contributed by atoms with Crippen molar-refractivity contribution in [3.8, 4) is 0 Å². The first kappa shape index (κ1) is 21.0. The van der Waals surface area contributed by atoms with E-state index in [9.17, 15) is 0 Å². The molecule has 1 nitrogen and oxygen atoms in total. The lowest BCUT2D eigenvalue weighted by Gasteiger charge is -2.21. The van der Waals surface area contributed by atoms with Crippen LogP contribution in [0.1, 0.15) is 105 Å². The number of aliphatic hydroxyl groups is 1. The van der Waals surface area contributed by atoms with Crippen LogP contribution in [0.5, 0.6) is 0 Å². The van der Waals surface area contributed by atoms with Crippen molar-refractivity contribution in [2.24, 2.45) is 17.8 Å². The molecule has 1 N–H and O–H groups in total. The molecule has 0 aromatic rings. The third-order valence-corrected chi connectivity index (χ3v) is 4.38. The van der Waals surface area contributed by atoms with Crippen LogP contribution in [0.25, 0.3) is 0 Å². The molecule has 0 spiro atoms. The average Bonchev–Trinajstić information content (AvgIpc) is 2.39. The van der Waals surface area contributed by atoms with Crippen molar-refractivity contribution in [3.63, 3.8) is 0 Å². The van der Waals surface area contributed by atoms with Gasteiger partial charge in [-0.15, -0.1) is 0 Å². The Balaban J connectivity index is 3.44. The molecule has 128 valence electrons. The Morgan fingerprint density at radius 2 is 0.952 bits per heavy atom. The van der Waals surface area contributed by atoms with E-state index < -0.39 is 0 Å². The van der Waals surface area contributed by atoms with E-state index in [-0.39, 0.29) is 0 Å². The molecule has 0 fully saturated rings. The Labute approximate surface area is 134 Å². The highest BCUT2D eigenvalue weighted by Crippen LogP contribution is 2.25. The maximum Gasteiger partial charge on any atom is 0.0431 e. The molecule has 0 heterocycles. The minimum Gasteiger partial charge on any atom is -0.396 e. The number of unbranched alkanes of at least 4 members (excludes halogenated alkanes) is 8. The van der Waals surface area contributed by atoms with Crippen molar-refractivity contribution >= 4 is 0 Å². The maximum absolute atomic E-state index is 8.72. The van der Waals surface area contributed by atoms with E-state index in [1.807, 2.05) is 0 Å². The van der Waals surface area contributed by atoms with Crippen LogP contribution < -0.4 is 0 Å². The summed E-state index contributed by atoms with van der Waals surface area (Å²) in [4.78, 5) is 0. The van der Waals surface area contributed by atoms with Gasteiger partial charge in [-0.25, -0.2) is 0 Å². The molecule has 0 aliphatic heterocycles. The van der Waals surface area contributed by atoms with Crippen molar-refractivity contribution in [1.82, 2.24) is 0 Å². The molecular weight excluding hydrogens is 256 g/mol. The second-order valence-corrected chi connectivity index (χ2v) is 7.82. The van der Waals surface area contributed by atoms with Crippen LogP contribution >= 0.6 is 0 Å². The predicted octanol–water partition coefficient (Wildman–Crippen LogP) is 6.59. The maximum atomic E-state index is 8.72. The van der Waals surface area contributed by atoms with Crippen molar-refractivity contribution in [3.05, 3.63) is 0 Å². The van der Waals surface area contributed by atoms with Gasteiger partial charge in [0, 0.05) is 6.61 Å². The zero-order valence-electron chi connectivity index (χ0n) is 15.4. The minimum atomic E-state index is 0.369. The normalized spacial score (nSPS) is 12.0. The fourth-order valence-corrected chi connectivity index (χ4v) is 3.45. The van der Waals surface area contributed by atoms with Crippen molar-refractivity contribution in [2.75, 3.05) is 6.61 Å². The van der Waals surface area contributed by atoms with Crippen LogP contribution in [0, 0.1) is 17.8 Å². The molecule has 0 saturated carbocycles. The number of hydrogen-bond acceptors (Lipinski definition) is 1. The van der Waals surface area contributed by atoms with Gasteiger partial charge < -0.3 is 5.11 Å². The van der Waals surface area contributed by atoms with Crippen molar-refractivity contribution in [1.29, 1.82) is 0 Å². The highest BCUT2D eigenvalue weighted by atomic mass is 16.2. The molecule has 0 bridgehead atoms. The predicted molar refractivity (Wildman–Crippen MR) is 95.7 cm³/mol. The molecule has 0 aromatic heterocycles. The summed E-state index contributed by atoms with van der Waals surface area (Å²) in [6.45, 7) is 9.83. The first-order valence-corrected chi connectivity index (χ1v) is 9.67. The molecule has 0 saturated heterocycles. The fraction of sp³-hybridized carbons (Fsp3) is 1.00. The van der Waals surface area contributed by atoms with E-state index in [0.717, 1.165) is 24.2 Å². The van der Waals surface area contributed by atoms with E-state index in [1.54, 1.807) is 0 Å². The van der Waals surface area contributed by atoms with Gasteiger partial charge in [0.15, 0.2) is 0 Å². The summed E-state index contributed by atoms with van der Waals surface area (Å²) in [5, 5.41) is 8.72. The Hall–Kier alpha value is -0.0400. The molecule has 0 amide bonds. The molecular formula is C20H42O. The van der Waals surface area contributed by atoms with Crippen molar-refractivity contribution in [2.45, 2.75) is 105 Å². The zero-order chi connectivity index (χ0) is 15.9. The van der Waals surface area contributed by atoms with Crippen LogP contribution in [-0.2, 0) is 0 Å². The third-order valence-electron chi connectivity index (χ3n) is 4.38. The van der Waals surface area contributed by atoms with Gasteiger partial charge in [0.1, 0.15) is 0 Å². The highest BCUT2D eigenvalue weighted by Gasteiger charge is 2.12. The van der Waals surface area contributed by atoms with Gasteiger partial charge in [0.05, 0.1) is 0 Å². The van der Waals surface area contributed by atoms with Gasteiger partial charge in [-0.3, -0.25) is 0 Å². The molecule has 21 heavy (non-hydrogen) atoms. The Bertz CT molecular complexity index is 188. The summed E-state index contributed by atoms with van der Waals surface area (Å²) >= 11 is 0.